The van der Waals surface area contributed by atoms with E-state index < -0.39 is 0 Å². The maximum atomic E-state index is 13.4. The van der Waals surface area contributed by atoms with Crippen LogP contribution in [0.25, 0.3) is 0 Å². The molecule has 4 nitrogen and oxygen atoms in total. The van der Waals surface area contributed by atoms with Crippen LogP contribution in [0.2, 0.25) is 0 Å². The van der Waals surface area contributed by atoms with E-state index in [1.165, 1.54) is 35.1 Å². The largest absolute Gasteiger partial charge is 0.496 e. The summed E-state index contributed by atoms with van der Waals surface area (Å²) in [6, 6.07) is 13.1. The van der Waals surface area contributed by atoms with Crippen LogP contribution < -0.4 is 4.74 Å². The number of ether oxygens (including phenoxy) is 1. The van der Waals surface area contributed by atoms with Gasteiger partial charge in [0.15, 0.2) is 0 Å². The van der Waals surface area contributed by atoms with Gasteiger partial charge in [-0.15, -0.1) is 0 Å². The van der Waals surface area contributed by atoms with Gasteiger partial charge >= 0.3 is 0 Å². The van der Waals surface area contributed by atoms with Crippen molar-refractivity contribution in [1.29, 1.82) is 0 Å². The summed E-state index contributed by atoms with van der Waals surface area (Å²) in [4.78, 5) is 18.0. The van der Waals surface area contributed by atoms with Gasteiger partial charge in [0.25, 0.3) is 0 Å². The summed E-state index contributed by atoms with van der Waals surface area (Å²) in [6.45, 7) is 6.50. The second-order valence-electron chi connectivity index (χ2n) is 8.92. The third kappa shape index (κ3) is 3.98. The van der Waals surface area contributed by atoms with Gasteiger partial charge in [-0.2, -0.15) is 0 Å². The molecule has 0 radical (unpaired) electrons. The third-order valence-electron chi connectivity index (χ3n) is 7.11. The minimum Gasteiger partial charge on any atom is -0.496 e. The number of hydrogen-bond donors (Lipinski definition) is 0. The van der Waals surface area contributed by atoms with E-state index in [9.17, 15) is 4.79 Å². The van der Waals surface area contributed by atoms with Crippen LogP contribution in [0.15, 0.2) is 36.4 Å². The maximum Gasteiger partial charge on any atom is 0.227 e. The van der Waals surface area contributed by atoms with E-state index in [0.29, 0.717) is 12.5 Å². The monoisotopic (exact) mass is 406 g/mol. The Kier molecular flexibility index (Phi) is 6.14. The molecule has 1 aliphatic carbocycles. The molecule has 1 aliphatic heterocycles. The van der Waals surface area contributed by atoms with Crippen molar-refractivity contribution < 1.29 is 9.53 Å². The maximum absolute atomic E-state index is 13.4. The predicted octanol–water partition coefficient (Wildman–Crippen LogP) is 4.46. The number of carbonyl (C=O) groups excluding carboxylic acids is 1. The summed E-state index contributed by atoms with van der Waals surface area (Å²) in [5, 5.41) is 0. The molecule has 0 unspecified atom stereocenters. The van der Waals surface area contributed by atoms with Crippen molar-refractivity contribution in [2.24, 2.45) is 0 Å². The molecule has 2 aliphatic rings. The van der Waals surface area contributed by atoms with Crippen molar-refractivity contribution in [1.82, 2.24) is 9.80 Å². The molecule has 2 aromatic carbocycles. The molecule has 0 saturated carbocycles. The minimum absolute atomic E-state index is 0.0704. The first kappa shape index (κ1) is 20.9. The van der Waals surface area contributed by atoms with Crippen LogP contribution in [0.1, 0.15) is 53.1 Å². The lowest BCUT2D eigenvalue weighted by Crippen LogP contribution is -2.48. The van der Waals surface area contributed by atoms with Crippen molar-refractivity contribution in [2.75, 3.05) is 27.2 Å². The van der Waals surface area contributed by atoms with Crippen LogP contribution in [0.4, 0.5) is 0 Å². The van der Waals surface area contributed by atoms with Gasteiger partial charge in [-0.3, -0.25) is 9.69 Å². The number of benzene rings is 2. The number of methoxy groups -OCH3 is 1. The number of amides is 1. The van der Waals surface area contributed by atoms with Crippen molar-refractivity contribution in [3.63, 3.8) is 0 Å². The van der Waals surface area contributed by atoms with Crippen molar-refractivity contribution >= 4 is 5.91 Å². The van der Waals surface area contributed by atoms with Crippen LogP contribution in [0.3, 0.4) is 0 Å². The third-order valence-corrected chi connectivity index (χ3v) is 7.11. The quantitative estimate of drug-likeness (QED) is 0.735. The number of nitrogens with zero attached hydrogens (tertiary/aromatic N) is 2. The van der Waals surface area contributed by atoms with Gasteiger partial charge in [0.05, 0.1) is 19.6 Å². The Morgan fingerprint density at radius 3 is 2.60 bits per heavy atom. The Hall–Kier alpha value is -2.33. The fourth-order valence-electron chi connectivity index (χ4n) is 5.27. The van der Waals surface area contributed by atoms with Gasteiger partial charge in [-0.05, 0) is 86.5 Å². The Balaban J connectivity index is 1.65. The standard InChI is InChI=1S/C26H34N2O2/c1-18-10-11-20(16-19(18)2)17-25(29)27(3)26-22-8-7-9-24(30-4)21(22)12-13-23(26)28-14-5-6-15-28/h7-11,16,23,26H,5-6,12-15,17H2,1-4H3/t23-,26-/m0/s1. The van der Waals surface area contributed by atoms with Crippen LogP contribution in [0, 0.1) is 13.8 Å². The average molecular weight is 407 g/mol. The van der Waals surface area contributed by atoms with E-state index in [1.54, 1.807) is 7.11 Å². The summed E-state index contributed by atoms with van der Waals surface area (Å²) in [5.41, 5.74) is 6.13. The minimum atomic E-state index is 0.0704. The van der Waals surface area contributed by atoms with Crippen LogP contribution in [-0.2, 0) is 17.6 Å². The lowest BCUT2D eigenvalue weighted by Gasteiger charge is -2.44. The fraction of sp³-hybridized carbons (Fsp3) is 0.500. The highest BCUT2D eigenvalue weighted by atomic mass is 16.5. The Morgan fingerprint density at radius 2 is 1.90 bits per heavy atom. The van der Waals surface area contributed by atoms with Gasteiger partial charge in [-0.25, -0.2) is 0 Å². The molecule has 1 amide bonds. The normalized spacial score (nSPS) is 21.3. The van der Waals surface area contributed by atoms with Crippen molar-refractivity contribution in [3.05, 3.63) is 64.2 Å². The summed E-state index contributed by atoms with van der Waals surface area (Å²) < 4.78 is 5.66. The van der Waals surface area contributed by atoms with Crippen molar-refractivity contribution in [2.45, 2.75) is 58.0 Å². The van der Waals surface area contributed by atoms with Gasteiger partial charge in [0.1, 0.15) is 5.75 Å². The van der Waals surface area contributed by atoms with E-state index in [4.69, 9.17) is 4.74 Å². The summed E-state index contributed by atoms with van der Waals surface area (Å²) in [6.07, 6.45) is 5.04. The molecule has 1 saturated heterocycles. The second kappa shape index (κ2) is 8.81. The number of hydrogen-bond acceptors (Lipinski definition) is 3. The average Bonchev–Trinajstić information content (AvgIpc) is 3.29. The number of rotatable bonds is 5. The predicted molar refractivity (Wildman–Crippen MR) is 121 cm³/mol. The molecule has 2 atom stereocenters. The first-order chi connectivity index (χ1) is 14.5. The van der Waals surface area contributed by atoms with Gasteiger partial charge in [0, 0.05) is 13.1 Å². The number of likely N-dealkylation sites (N-methyl/N-ethyl adjacent to an activating group) is 1. The number of aryl methyl sites for hydroxylation is 2. The van der Waals surface area contributed by atoms with E-state index in [-0.39, 0.29) is 11.9 Å². The topological polar surface area (TPSA) is 32.8 Å². The fourth-order valence-corrected chi connectivity index (χ4v) is 5.27. The van der Waals surface area contributed by atoms with Crippen LogP contribution in [0.5, 0.6) is 5.75 Å². The molecule has 30 heavy (non-hydrogen) atoms. The lowest BCUT2D eigenvalue weighted by atomic mass is 9.81. The van der Waals surface area contributed by atoms with E-state index in [2.05, 4.69) is 49.1 Å². The highest BCUT2D eigenvalue weighted by Gasteiger charge is 2.39. The molecule has 0 bridgehead atoms. The summed E-state index contributed by atoms with van der Waals surface area (Å²) >= 11 is 0. The van der Waals surface area contributed by atoms with E-state index in [0.717, 1.165) is 37.2 Å². The number of likely N-dealkylation sites (tertiary alicyclic amines) is 1. The zero-order chi connectivity index (χ0) is 21.3. The van der Waals surface area contributed by atoms with E-state index in [1.807, 2.05) is 18.0 Å². The van der Waals surface area contributed by atoms with Gasteiger partial charge in [-0.1, -0.05) is 30.3 Å². The van der Waals surface area contributed by atoms with Crippen LogP contribution in [-0.4, -0.2) is 49.0 Å². The molecule has 0 N–H and O–H groups in total. The number of fused-ring (bicyclic) bond motifs is 1. The molecule has 2 aromatic rings. The highest BCUT2D eigenvalue weighted by Crippen LogP contribution is 2.41. The molecule has 4 rings (SSSR count). The smallest absolute Gasteiger partial charge is 0.227 e. The highest BCUT2D eigenvalue weighted by molar-refractivity contribution is 5.79. The molecule has 1 heterocycles. The Morgan fingerprint density at radius 1 is 1.13 bits per heavy atom. The Bertz CT molecular complexity index is 917. The molecule has 4 heteroatoms. The zero-order valence-corrected chi connectivity index (χ0v) is 18.8. The Labute approximate surface area is 180 Å². The lowest BCUT2D eigenvalue weighted by molar-refractivity contribution is -0.133. The molecular formula is C26H34N2O2. The zero-order valence-electron chi connectivity index (χ0n) is 18.8. The first-order valence-electron chi connectivity index (χ1n) is 11.2. The summed E-state index contributed by atoms with van der Waals surface area (Å²) in [5.74, 6) is 1.13. The van der Waals surface area contributed by atoms with Crippen LogP contribution >= 0.6 is 0 Å². The molecule has 0 aromatic heterocycles. The van der Waals surface area contributed by atoms with Gasteiger partial charge in [0.2, 0.25) is 5.91 Å². The molecule has 1 fully saturated rings. The summed E-state index contributed by atoms with van der Waals surface area (Å²) in [7, 11) is 3.73. The second-order valence-corrected chi connectivity index (χ2v) is 8.92. The SMILES string of the molecule is COc1cccc2c1CC[C@H](N1CCCC1)[C@H]2N(C)C(=O)Cc1ccc(C)c(C)c1. The van der Waals surface area contributed by atoms with E-state index >= 15 is 0 Å². The van der Waals surface area contributed by atoms with Crippen molar-refractivity contribution in [3.8, 4) is 5.75 Å². The first-order valence-corrected chi connectivity index (χ1v) is 11.2. The van der Waals surface area contributed by atoms with Gasteiger partial charge < -0.3 is 9.64 Å². The molecule has 0 spiro atoms. The molecule has 160 valence electrons. The molecular weight excluding hydrogens is 372 g/mol. The number of carbonyl (C=O) groups is 1.